The summed E-state index contributed by atoms with van der Waals surface area (Å²) < 4.78 is 4.79. The quantitative estimate of drug-likeness (QED) is 0.692. The second-order valence-electron chi connectivity index (χ2n) is 6.32. The fourth-order valence-corrected chi connectivity index (χ4v) is 3.19. The van der Waals surface area contributed by atoms with E-state index >= 15 is 0 Å². The lowest BCUT2D eigenvalue weighted by Crippen LogP contribution is -2.39. The number of imidazole rings is 1. The Morgan fingerprint density at radius 1 is 1.00 bits per heavy atom. The lowest BCUT2D eigenvalue weighted by atomic mass is 10.2. The van der Waals surface area contributed by atoms with Gasteiger partial charge in [0.2, 0.25) is 0 Å². The summed E-state index contributed by atoms with van der Waals surface area (Å²) in [5.41, 5.74) is 1.55. The van der Waals surface area contributed by atoms with Crippen LogP contribution in [0.25, 0.3) is 11.2 Å². The predicted molar refractivity (Wildman–Crippen MR) is 99.1 cm³/mol. The number of fused-ring (bicyclic) bond motifs is 1. The van der Waals surface area contributed by atoms with E-state index in [0.29, 0.717) is 24.3 Å². The molecule has 0 unspecified atom stereocenters. The largest absolute Gasteiger partial charge is 0.332 e. The molecule has 3 rings (SSSR count). The third-order valence-electron chi connectivity index (χ3n) is 4.42. The molecule has 0 spiro atoms. The molecule has 0 radical (unpaired) electrons. The first-order valence-corrected chi connectivity index (χ1v) is 8.81. The minimum atomic E-state index is -0.299. The molecule has 0 N–H and O–H groups in total. The van der Waals surface area contributed by atoms with Gasteiger partial charge in [-0.3, -0.25) is 13.9 Å². The maximum Gasteiger partial charge on any atom is 0.332 e. The van der Waals surface area contributed by atoms with Gasteiger partial charge in [-0.25, -0.2) is 9.78 Å². The molecule has 2 aromatic heterocycles. The van der Waals surface area contributed by atoms with Gasteiger partial charge in [0.25, 0.3) is 5.56 Å². The number of nitrogens with zero attached hydrogens (tertiary/aromatic N) is 4. The first-order chi connectivity index (χ1) is 12.1. The van der Waals surface area contributed by atoms with Crippen LogP contribution in [0.15, 0.2) is 39.9 Å². The molecule has 0 fully saturated rings. The average molecular weight is 340 g/mol. The predicted octanol–water partition coefficient (Wildman–Crippen LogP) is 2.31. The van der Waals surface area contributed by atoms with Gasteiger partial charge in [0.05, 0.1) is 0 Å². The zero-order chi connectivity index (χ0) is 18.0. The van der Waals surface area contributed by atoms with E-state index in [2.05, 4.69) is 11.9 Å². The maximum atomic E-state index is 13.0. The zero-order valence-corrected chi connectivity index (χ0v) is 15.0. The van der Waals surface area contributed by atoms with Crippen LogP contribution in [0, 0.1) is 0 Å². The summed E-state index contributed by atoms with van der Waals surface area (Å²) >= 11 is 0. The highest BCUT2D eigenvalue weighted by Gasteiger charge is 2.19. The van der Waals surface area contributed by atoms with Gasteiger partial charge >= 0.3 is 5.69 Å². The Labute approximate surface area is 146 Å². The van der Waals surface area contributed by atoms with Gasteiger partial charge in [0.15, 0.2) is 11.2 Å². The van der Waals surface area contributed by atoms with E-state index in [0.717, 1.165) is 30.7 Å². The van der Waals surface area contributed by atoms with Crippen LogP contribution < -0.4 is 11.2 Å². The maximum absolute atomic E-state index is 13.0. The zero-order valence-electron chi connectivity index (χ0n) is 15.0. The average Bonchev–Trinajstić information content (AvgIpc) is 2.97. The van der Waals surface area contributed by atoms with Crippen LogP contribution in [0.2, 0.25) is 0 Å². The van der Waals surface area contributed by atoms with Gasteiger partial charge in [0, 0.05) is 26.6 Å². The third-order valence-corrected chi connectivity index (χ3v) is 4.42. The highest BCUT2D eigenvalue weighted by Crippen LogP contribution is 2.15. The van der Waals surface area contributed by atoms with Crippen molar-refractivity contribution in [2.24, 2.45) is 7.05 Å². The fourth-order valence-electron chi connectivity index (χ4n) is 3.19. The Balaban J connectivity index is 2.31. The van der Waals surface area contributed by atoms with Gasteiger partial charge in [-0.15, -0.1) is 0 Å². The van der Waals surface area contributed by atoms with Crippen LogP contribution in [0.1, 0.15) is 38.1 Å². The summed E-state index contributed by atoms with van der Waals surface area (Å²) in [4.78, 5) is 30.1. The second-order valence-corrected chi connectivity index (χ2v) is 6.32. The Bertz CT molecular complexity index is 996. The highest BCUT2D eigenvalue weighted by molar-refractivity contribution is 5.71. The van der Waals surface area contributed by atoms with E-state index in [-0.39, 0.29) is 11.2 Å². The summed E-state index contributed by atoms with van der Waals surface area (Å²) in [5.74, 6) is 0.850. The molecule has 0 bridgehead atoms. The van der Waals surface area contributed by atoms with Gasteiger partial charge < -0.3 is 4.57 Å². The van der Waals surface area contributed by atoms with Crippen molar-refractivity contribution in [1.82, 2.24) is 18.7 Å². The number of hydrogen-bond acceptors (Lipinski definition) is 3. The van der Waals surface area contributed by atoms with Crippen molar-refractivity contribution in [3.05, 3.63) is 62.6 Å². The normalized spacial score (nSPS) is 11.3. The molecule has 6 nitrogen and oxygen atoms in total. The lowest BCUT2D eigenvalue weighted by molar-refractivity contribution is 0.590. The van der Waals surface area contributed by atoms with Crippen molar-refractivity contribution in [2.45, 2.75) is 46.2 Å². The Morgan fingerprint density at radius 3 is 2.36 bits per heavy atom. The van der Waals surface area contributed by atoms with Crippen molar-refractivity contribution >= 4 is 11.2 Å². The van der Waals surface area contributed by atoms with E-state index in [9.17, 15) is 9.59 Å². The molecule has 0 saturated carbocycles. The molecule has 3 aromatic rings. The molecule has 6 heteroatoms. The summed E-state index contributed by atoms with van der Waals surface area (Å²) in [7, 11) is 1.69. The van der Waals surface area contributed by atoms with E-state index in [4.69, 9.17) is 0 Å². The van der Waals surface area contributed by atoms with Crippen LogP contribution in [-0.4, -0.2) is 18.7 Å². The van der Waals surface area contributed by atoms with E-state index in [1.165, 1.54) is 9.13 Å². The topological polar surface area (TPSA) is 61.8 Å². The summed E-state index contributed by atoms with van der Waals surface area (Å²) in [6.45, 7) is 5.04. The van der Waals surface area contributed by atoms with Crippen LogP contribution in [0.4, 0.5) is 0 Å². The van der Waals surface area contributed by atoms with Crippen molar-refractivity contribution in [3.63, 3.8) is 0 Å². The lowest BCUT2D eigenvalue weighted by Gasteiger charge is -2.10. The van der Waals surface area contributed by atoms with Crippen molar-refractivity contribution in [2.75, 3.05) is 0 Å². The first kappa shape index (κ1) is 17.2. The van der Waals surface area contributed by atoms with Gasteiger partial charge in [-0.2, -0.15) is 0 Å². The van der Waals surface area contributed by atoms with Gasteiger partial charge in [-0.05, 0) is 18.4 Å². The monoisotopic (exact) mass is 340 g/mol. The Morgan fingerprint density at radius 2 is 1.72 bits per heavy atom. The fraction of sp³-hybridized carbons (Fsp3) is 0.421. The van der Waals surface area contributed by atoms with Crippen molar-refractivity contribution in [3.8, 4) is 0 Å². The SMILES string of the molecule is CCCc1nc2c(c(=O)n(CCC)c(=O)n2C)n1Cc1ccccc1. The molecule has 0 atom stereocenters. The minimum Gasteiger partial charge on any atom is -0.318 e. The van der Waals surface area contributed by atoms with E-state index in [1.54, 1.807) is 7.05 Å². The number of aryl methyl sites for hydroxylation is 2. The van der Waals surface area contributed by atoms with Gasteiger partial charge in [-0.1, -0.05) is 44.2 Å². The molecule has 2 heterocycles. The number of rotatable bonds is 6. The van der Waals surface area contributed by atoms with Gasteiger partial charge in [0.1, 0.15) is 5.82 Å². The summed E-state index contributed by atoms with van der Waals surface area (Å²) in [6, 6.07) is 10.0. The van der Waals surface area contributed by atoms with Crippen molar-refractivity contribution < 1.29 is 0 Å². The van der Waals surface area contributed by atoms with Crippen LogP contribution in [-0.2, 0) is 26.6 Å². The van der Waals surface area contributed by atoms with E-state index < -0.39 is 0 Å². The molecular formula is C19H24N4O2. The number of aromatic nitrogens is 4. The Hall–Kier alpha value is -2.63. The standard InChI is InChI=1S/C19H24N4O2/c1-4-9-15-20-17-16(23(15)13-14-10-7-6-8-11-14)18(24)22(12-5-2)19(25)21(17)3/h6-8,10-11H,4-5,9,12-13H2,1-3H3. The van der Waals surface area contributed by atoms with Crippen LogP contribution in [0.5, 0.6) is 0 Å². The molecule has 0 amide bonds. The molecule has 132 valence electrons. The first-order valence-electron chi connectivity index (χ1n) is 8.81. The molecule has 0 aliphatic rings. The third kappa shape index (κ3) is 3.04. The number of hydrogen-bond donors (Lipinski definition) is 0. The highest BCUT2D eigenvalue weighted by atomic mass is 16.2. The summed E-state index contributed by atoms with van der Waals surface area (Å²) in [6.07, 6.45) is 2.42. The van der Waals surface area contributed by atoms with Crippen molar-refractivity contribution in [1.29, 1.82) is 0 Å². The molecular weight excluding hydrogens is 316 g/mol. The second kappa shape index (κ2) is 7.09. The Kier molecular flexibility index (Phi) is 4.88. The molecule has 0 aliphatic carbocycles. The van der Waals surface area contributed by atoms with E-state index in [1.807, 2.05) is 41.8 Å². The van der Waals surface area contributed by atoms with Crippen LogP contribution >= 0.6 is 0 Å². The molecule has 1 aromatic carbocycles. The molecule has 0 aliphatic heterocycles. The molecule has 25 heavy (non-hydrogen) atoms. The summed E-state index contributed by atoms with van der Waals surface area (Å²) in [5, 5.41) is 0. The minimum absolute atomic E-state index is 0.245. The molecule has 0 saturated heterocycles. The van der Waals surface area contributed by atoms with Crippen LogP contribution in [0.3, 0.4) is 0 Å². The number of benzene rings is 1. The smallest absolute Gasteiger partial charge is 0.318 e.